The molecule has 1 aromatic rings. The van der Waals surface area contributed by atoms with Gasteiger partial charge in [0, 0.05) is 13.7 Å². The maximum atomic E-state index is 5.25. The first-order valence-corrected chi connectivity index (χ1v) is 5.44. The predicted octanol–water partition coefficient (Wildman–Crippen LogP) is 3.63. The lowest BCUT2D eigenvalue weighted by atomic mass is 9.86. The summed E-state index contributed by atoms with van der Waals surface area (Å²) in [6.45, 7) is 6.85. The Hall–Kier alpha value is -1.08. The molecule has 0 aliphatic heterocycles. The highest BCUT2D eigenvalue weighted by atomic mass is 16.5. The molecule has 0 bridgehead atoms. The fraction of sp³-hybridized carbons (Fsp3) is 0.429. The van der Waals surface area contributed by atoms with Crippen LogP contribution in [0.5, 0.6) is 0 Å². The Bertz CT molecular complexity index is 279. The molecule has 0 heterocycles. The van der Waals surface area contributed by atoms with Crippen LogP contribution in [-0.2, 0) is 4.74 Å². The molecule has 82 valence electrons. The maximum Gasteiger partial charge on any atom is 0.0499 e. The number of allylic oxidation sites excluding steroid dienone is 1. The zero-order chi connectivity index (χ0) is 11.1. The minimum Gasteiger partial charge on any atom is -0.384 e. The summed E-state index contributed by atoms with van der Waals surface area (Å²) in [4.78, 5) is 0. The first kappa shape index (κ1) is 12.0. The molecule has 0 amide bonds. The van der Waals surface area contributed by atoms with Crippen LogP contribution in [0.1, 0.15) is 24.8 Å². The summed E-state index contributed by atoms with van der Waals surface area (Å²) in [6, 6.07) is 10.6. The fourth-order valence-corrected chi connectivity index (χ4v) is 1.87. The fourth-order valence-electron chi connectivity index (χ4n) is 1.87. The van der Waals surface area contributed by atoms with E-state index in [4.69, 9.17) is 4.74 Å². The average molecular weight is 204 g/mol. The van der Waals surface area contributed by atoms with Gasteiger partial charge in [0.1, 0.15) is 0 Å². The van der Waals surface area contributed by atoms with Crippen molar-refractivity contribution in [1.82, 2.24) is 0 Å². The zero-order valence-electron chi connectivity index (χ0n) is 9.65. The lowest BCUT2D eigenvalue weighted by Crippen LogP contribution is -2.15. The van der Waals surface area contributed by atoms with Gasteiger partial charge in [-0.15, -0.1) is 6.58 Å². The Balaban J connectivity index is 2.71. The van der Waals surface area contributed by atoms with Gasteiger partial charge in [-0.2, -0.15) is 0 Å². The van der Waals surface area contributed by atoms with Gasteiger partial charge in [-0.25, -0.2) is 0 Å². The van der Waals surface area contributed by atoms with Gasteiger partial charge in [-0.05, 0) is 23.8 Å². The number of methoxy groups -OCH3 is 1. The smallest absolute Gasteiger partial charge is 0.0499 e. The van der Waals surface area contributed by atoms with Crippen molar-refractivity contribution in [2.75, 3.05) is 13.7 Å². The molecule has 0 fully saturated rings. The highest BCUT2D eigenvalue weighted by Crippen LogP contribution is 2.26. The summed E-state index contributed by atoms with van der Waals surface area (Å²) in [5, 5.41) is 0. The Morgan fingerprint density at radius 1 is 1.33 bits per heavy atom. The molecule has 0 radical (unpaired) electrons. The standard InChI is InChI=1S/C14H20O/c1-4-8-14(11-15-3)12(2)13-9-6-5-7-10-13/h4-7,9-10,12,14H,1,8,11H2,2-3H3/t12-,14-/m1/s1. The maximum absolute atomic E-state index is 5.25. The molecule has 1 heteroatoms. The molecule has 0 spiro atoms. The van der Waals surface area contributed by atoms with Gasteiger partial charge in [0.25, 0.3) is 0 Å². The van der Waals surface area contributed by atoms with E-state index >= 15 is 0 Å². The van der Waals surface area contributed by atoms with Gasteiger partial charge in [0.2, 0.25) is 0 Å². The summed E-state index contributed by atoms with van der Waals surface area (Å²) < 4.78 is 5.25. The third-order valence-corrected chi connectivity index (χ3v) is 2.88. The van der Waals surface area contributed by atoms with E-state index < -0.39 is 0 Å². The summed E-state index contributed by atoms with van der Waals surface area (Å²) in [7, 11) is 1.76. The molecule has 1 aromatic carbocycles. The molecule has 0 aromatic heterocycles. The van der Waals surface area contributed by atoms with Crippen molar-refractivity contribution in [1.29, 1.82) is 0 Å². The van der Waals surface area contributed by atoms with Crippen LogP contribution in [0.25, 0.3) is 0 Å². The van der Waals surface area contributed by atoms with Crippen molar-refractivity contribution in [3.05, 3.63) is 48.6 Å². The van der Waals surface area contributed by atoms with Crippen molar-refractivity contribution in [3.8, 4) is 0 Å². The van der Waals surface area contributed by atoms with Crippen LogP contribution in [0.15, 0.2) is 43.0 Å². The first-order chi connectivity index (χ1) is 7.29. The molecule has 0 unspecified atom stereocenters. The van der Waals surface area contributed by atoms with Crippen LogP contribution in [0, 0.1) is 5.92 Å². The van der Waals surface area contributed by atoms with E-state index in [0.29, 0.717) is 11.8 Å². The molecule has 0 aliphatic rings. The molecule has 2 atom stereocenters. The van der Waals surface area contributed by atoms with Crippen LogP contribution < -0.4 is 0 Å². The summed E-state index contributed by atoms with van der Waals surface area (Å²) in [6.07, 6.45) is 2.98. The van der Waals surface area contributed by atoms with Gasteiger partial charge in [0.05, 0.1) is 0 Å². The largest absolute Gasteiger partial charge is 0.384 e. The minimum absolute atomic E-state index is 0.518. The molecule has 0 N–H and O–H groups in total. The van der Waals surface area contributed by atoms with Gasteiger partial charge in [-0.1, -0.05) is 43.3 Å². The minimum atomic E-state index is 0.518. The van der Waals surface area contributed by atoms with Crippen molar-refractivity contribution >= 4 is 0 Å². The van der Waals surface area contributed by atoms with Crippen LogP contribution in [-0.4, -0.2) is 13.7 Å². The number of benzene rings is 1. The number of hydrogen-bond donors (Lipinski definition) is 0. The Morgan fingerprint density at radius 2 is 2.00 bits per heavy atom. The second-order valence-corrected chi connectivity index (χ2v) is 3.94. The van der Waals surface area contributed by atoms with Gasteiger partial charge >= 0.3 is 0 Å². The van der Waals surface area contributed by atoms with Crippen molar-refractivity contribution < 1.29 is 4.74 Å². The van der Waals surface area contributed by atoms with Crippen LogP contribution in [0.4, 0.5) is 0 Å². The van der Waals surface area contributed by atoms with Crippen molar-refractivity contribution in [3.63, 3.8) is 0 Å². The lowest BCUT2D eigenvalue weighted by Gasteiger charge is -2.22. The molecule has 0 aliphatic carbocycles. The molecule has 0 saturated heterocycles. The predicted molar refractivity (Wildman–Crippen MR) is 65.0 cm³/mol. The molecule has 15 heavy (non-hydrogen) atoms. The number of hydrogen-bond acceptors (Lipinski definition) is 1. The monoisotopic (exact) mass is 204 g/mol. The molecular formula is C14H20O. The summed E-state index contributed by atoms with van der Waals surface area (Å²) in [5.74, 6) is 1.04. The molecule has 0 saturated carbocycles. The van der Waals surface area contributed by atoms with Gasteiger partial charge in [-0.3, -0.25) is 0 Å². The highest BCUT2D eigenvalue weighted by Gasteiger charge is 2.17. The third-order valence-electron chi connectivity index (χ3n) is 2.88. The summed E-state index contributed by atoms with van der Waals surface area (Å²) >= 11 is 0. The second-order valence-electron chi connectivity index (χ2n) is 3.94. The van der Waals surface area contributed by atoms with E-state index in [9.17, 15) is 0 Å². The topological polar surface area (TPSA) is 9.23 Å². The highest BCUT2D eigenvalue weighted by molar-refractivity contribution is 5.19. The third kappa shape index (κ3) is 3.52. The summed E-state index contributed by atoms with van der Waals surface area (Å²) in [5.41, 5.74) is 1.38. The average Bonchev–Trinajstić information content (AvgIpc) is 2.29. The lowest BCUT2D eigenvalue weighted by molar-refractivity contribution is 0.142. The quantitative estimate of drug-likeness (QED) is 0.643. The van der Waals surface area contributed by atoms with Crippen molar-refractivity contribution in [2.24, 2.45) is 5.92 Å². The first-order valence-electron chi connectivity index (χ1n) is 5.44. The van der Waals surface area contributed by atoms with Gasteiger partial charge in [0.15, 0.2) is 0 Å². The molecule has 1 nitrogen and oxygen atoms in total. The van der Waals surface area contributed by atoms with Crippen LogP contribution in [0.2, 0.25) is 0 Å². The Morgan fingerprint density at radius 3 is 2.53 bits per heavy atom. The Labute approximate surface area is 92.8 Å². The van der Waals surface area contributed by atoms with E-state index in [-0.39, 0.29) is 0 Å². The van der Waals surface area contributed by atoms with E-state index in [1.54, 1.807) is 7.11 Å². The van der Waals surface area contributed by atoms with Crippen LogP contribution in [0.3, 0.4) is 0 Å². The van der Waals surface area contributed by atoms with E-state index in [1.165, 1.54) is 5.56 Å². The molecule has 1 rings (SSSR count). The van der Waals surface area contributed by atoms with Gasteiger partial charge < -0.3 is 4.74 Å². The zero-order valence-corrected chi connectivity index (χ0v) is 9.65. The number of ether oxygens (including phenoxy) is 1. The molecular weight excluding hydrogens is 184 g/mol. The van der Waals surface area contributed by atoms with E-state index in [1.807, 2.05) is 6.08 Å². The van der Waals surface area contributed by atoms with Crippen molar-refractivity contribution in [2.45, 2.75) is 19.3 Å². The number of rotatable bonds is 6. The van der Waals surface area contributed by atoms with E-state index in [2.05, 4.69) is 43.8 Å². The second kappa shape index (κ2) is 6.41. The normalized spacial score (nSPS) is 14.5. The van der Waals surface area contributed by atoms with E-state index in [0.717, 1.165) is 13.0 Å². The SMILES string of the molecule is C=CC[C@H](COC)[C@H](C)c1ccccc1. The Kier molecular flexibility index (Phi) is 5.13. The van der Waals surface area contributed by atoms with Crippen LogP contribution >= 0.6 is 0 Å².